The predicted molar refractivity (Wildman–Crippen MR) is 131 cm³/mol. The summed E-state index contributed by atoms with van der Waals surface area (Å²) in [6.07, 6.45) is 32.3. The molecule has 1 unspecified atom stereocenters. The highest BCUT2D eigenvalue weighted by Crippen LogP contribution is 2.19. The van der Waals surface area contributed by atoms with Gasteiger partial charge < -0.3 is 0 Å². The zero-order valence-corrected chi connectivity index (χ0v) is 20.7. The Balaban J connectivity index is 3.14. The number of unbranched alkanes of at least 4 members (excludes halogenated alkanes) is 17. The van der Waals surface area contributed by atoms with E-state index in [0.717, 1.165) is 11.8 Å². The largest absolute Gasteiger partial charge is 0.0654 e. The molecule has 0 heteroatoms. The molecule has 0 nitrogen and oxygen atoms in total. The smallest absolute Gasteiger partial charge is 0.0443 e. The van der Waals surface area contributed by atoms with Gasteiger partial charge in [-0.2, -0.15) is 0 Å². The van der Waals surface area contributed by atoms with E-state index in [1.807, 2.05) is 0 Å². The molecule has 0 aliphatic carbocycles. The zero-order valence-electron chi connectivity index (χ0n) is 20.7. The number of hydrogen-bond acceptors (Lipinski definition) is 0. The Labute approximate surface area is 181 Å². The minimum atomic E-state index is 0.896. The van der Waals surface area contributed by atoms with Gasteiger partial charge in [0.15, 0.2) is 0 Å². The summed E-state index contributed by atoms with van der Waals surface area (Å²) < 4.78 is 0. The van der Waals surface area contributed by atoms with Crippen LogP contribution < -0.4 is 0 Å². The summed E-state index contributed by atoms with van der Waals surface area (Å²) in [6, 6.07) is 0. The van der Waals surface area contributed by atoms with Gasteiger partial charge in [0, 0.05) is 0 Å². The van der Waals surface area contributed by atoms with E-state index in [9.17, 15) is 0 Å². The van der Waals surface area contributed by atoms with E-state index in [1.165, 1.54) is 141 Å². The summed E-state index contributed by atoms with van der Waals surface area (Å²) in [4.78, 5) is 0. The molecule has 1 atom stereocenters. The summed E-state index contributed by atoms with van der Waals surface area (Å²) in [6.45, 7) is 9.49. The van der Waals surface area contributed by atoms with Gasteiger partial charge in [-0.05, 0) is 11.8 Å². The van der Waals surface area contributed by atoms with Crippen molar-refractivity contribution in [3.8, 4) is 0 Å². The molecule has 0 saturated heterocycles. The molecule has 0 saturated carbocycles. The molecule has 0 spiro atoms. The first-order valence-corrected chi connectivity index (χ1v) is 13.7. The fraction of sp³-hybridized carbons (Fsp3) is 1.00. The summed E-state index contributed by atoms with van der Waals surface area (Å²) in [5.41, 5.74) is 0. The summed E-state index contributed by atoms with van der Waals surface area (Å²) >= 11 is 0. The molecule has 0 rings (SSSR count). The van der Waals surface area contributed by atoms with Gasteiger partial charge in [0.05, 0.1) is 0 Å². The molecule has 170 valence electrons. The Morgan fingerprint density at radius 1 is 0.357 bits per heavy atom. The van der Waals surface area contributed by atoms with E-state index in [1.54, 1.807) is 0 Å². The standard InChI is InChI=1S/C28H58/c1-5-6-7-8-9-10-13-16-19-22-25-28(4)26-23-20-17-14-11-12-15-18-21-24-27(2)3/h27-28H,5-26H2,1-4H3. The highest BCUT2D eigenvalue weighted by molar-refractivity contribution is 4.56. The van der Waals surface area contributed by atoms with Crippen LogP contribution in [0.1, 0.15) is 169 Å². The minimum absolute atomic E-state index is 0.896. The van der Waals surface area contributed by atoms with Crippen LogP contribution >= 0.6 is 0 Å². The molecule has 0 aromatic carbocycles. The molecule has 0 aromatic heterocycles. The van der Waals surface area contributed by atoms with E-state index in [0.29, 0.717) is 0 Å². The third-order valence-corrected chi connectivity index (χ3v) is 6.53. The second-order valence-corrected chi connectivity index (χ2v) is 10.2. The SMILES string of the molecule is CCCCCCCCCCCCC(C)CCCCCCCCCCCC(C)C. The molecule has 0 heterocycles. The first kappa shape index (κ1) is 28.0. The van der Waals surface area contributed by atoms with Crippen LogP contribution in [0.25, 0.3) is 0 Å². The van der Waals surface area contributed by atoms with Crippen molar-refractivity contribution in [3.05, 3.63) is 0 Å². The molecule has 0 bridgehead atoms. The summed E-state index contributed by atoms with van der Waals surface area (Å²) in [5, 5.41) is 0. The Kier molecular flexibility index (Phi) is 23.3. The first-order valence-electron chi connectivity index (χ1n) is 13.7. The van der Waals surface area contributed by atoms with Gasteiger partial charge in [0.1, 0.15) is 0 Å². The van der Waals surface area contributed by atoms with Crippen molar-refractivity contribution in [3.63, 3.8) is 0 Å². The lowest BCUT2D eigenvalue weighted by Crippen LogP contribution is -1.95. The van der Waals surface area contributed by atoms with Crippen LogP contribution in [0, 0.1) is 11.8 Å². The molecule has 0 aliphatic rings. The van der Waals surface area contributed by atoms with E-state index in [2.05, 4.69) is 27.7 Å². The van der Waals surface area contributed by atoms with Crippen molar-refractivity contribution in [1.82, 2.24) is 0 Å². The van der Waals surface area contributed by atoms with Crippen LogP contribution in [-0.4, -0.2) is 0 Å². The zero-order chi connectivity index (χ0) is 20.7. The second kappa shape index (κ2) is 23.3. The maximum absolute atomic E-state index is 2.49. The summed E-state index contributed by atoms with van der Waals surface area (Å²) in [7, 11) is 0. The predicted octanol–water partition coefficient (Wildman–Crippen LogP) is 10.9. The molecule has 0 aliphatic heterocycles. The number of rotatable bonds is 23. The van der Waals surface area contributed by atoms with Gasteiger partial charge in [-0.3, -0.25) is 0 Å². The van der Waals surface area contributed by atoms with Crippen molar-refractivity contribution < 1.29 is 0 Å². The Morgan fingerprint density at radius 3 is 0.964 bits per heavy atom. The van der Waals surface area contributed by atoms with Gasteiger partial charge in [0.2, 0.25) is 0 Å². The van der Waals surface area contributed by atoms with Crippen molar-refractivity contribution in [2.75, 3.05) is 0 Å². The van der Waals surface area contributed by atoms with Crippen LogP contribution in [0.15, 0.2) is 0 Å². The molecule has 0 aromatic rings. The maximum Gasteiger partial charge on any atom is -0.0443 e. The number of hydrogen-bond donors (Lipinski definition) is 0. The molecule has 0 amide bonds. The Morgan fingerprint density at radius 2 is 0.643 bits per heavy atom. The molecular formula is C28H58. The van der Waals surface area contributed by atoms with Crippen LogP contribution in [0.3, 0.4) is 0 Å². The highest BCUT2D eigenvalue weighted by Gasteiger charge is 2.02. The third-order valence-electron chi connectivity index (χ3n) is 6.53. The van der Waals surface area contributed by atoms with Gasteiger partial charge in [-0.25, -0.2) is 0 Å². The van der Waals surface area contributed by atoms with Crippen LogP contribution in [0.4, 0.5) is 0 Å². The van der Waals surface area contributed by atoms with Crippen molar-refractivity contribution in [2.24, 2.45) is 11.8 Å². The maximum atomic E-state index is 2.49. The monoisotopic (exact) mass is 394 g/mol. The van der Waals surface area contributed by atoms with Crippen molar-refractivity contribution >= 4 is 0 Å². The quantitative estimate of drug-likeness (QED) is 0.151. The Hall–Kier alpha value is 0. The fourth-order valence-corrected chi connectivity index (χ4v) is 4.41. The van der Waals surface area contributed by atoms with Crippen LogP contribution in [0.5, 0.6) is 0 Å². The summed E-state index contributed by atoms with van der Waals surface area (Å²) in [5.74, 6) is 1.86. The van der Waals surface area contributed by atoms with Gasteiger partial charge in [-0.15, -0.1) is 0 Å². The molecule has 28 heavy (non-hydrogen) atoms. The highest BCUT2D eigenvalue weighted by atomic mass is 14.1. The average Bonchev–Trinajstić information content (AvgIpc) is 2.67. The average molecular weight is 395 g/mol. The van der Waals surface area contributed by atoms with Gasteiger partial charge in [-0.1, -0.05) is 169 Å². The lowest BCUT2D eigenvalue weighted by Gasteiger charge is -2.11. The molecular weight excluding hydrogens is 336 g/mol. The topological polar surface area (TPSA) is 0 Å². The van der Waals surface area contributed by atoms with E-state index in [-0.39, 0.29) is 0 Å². The van der Waals surface area contributed by atoms with E-state index in [4.69, 9.17) is 0 Å². The lowest BCUT2D eigenvalue weighted by molar-refractivity contribution is 0.429. The van der Waals surface area contributed by atoms with Crippen molar-refractivity contribution in [1.29, 1.82) is 0 Å². The van der Waals surface area contributed by atoms with Crippen LogP contribution in [0.2, 0.25) is 0 Å². The third kappa shape index (κ3) is 24.0. The normalized spacial score (nSPS) is 12.8. The second-order valence-electron chi connectivity index (χ2n) is 10.2. The van der Waals surface area contributed by atoms with Crippen LogP contribution in [-0.2, 0) is 0 Å². The van der Waals surface area contributed by atoms with E-state index < -0.39 is 0 Å². The van der Waals surface area contributed by atoms with Crippen molar-refractivity contribution in [2.45, 2.75) is 169 Å². The molecule has 0 radical (unpaired) electrons. The van der Waals surface area contributed by atoms with Gasteiger partial charge >= 0.3 is 0 Å². The van der Waals surface area contributed by atoms with E-state index >= 15 is 0 Å². The van der Waals surface area contributed by atoms with Gasteiger partial charge in [0.25, 0.3) is 0 Å². The molecule has 0 fully saturated rings. The lowest BCUT2D eigenvalue weighted by atomic mass is 9.95. The molecule has 0 N–H and O–H groups in total. The minimum Gasteiger partial charge on any atom is -0.0654 e. The Bertz CT molecular complexity index is 267. The fourth-order valence-electron chi connectivity index (χ4n) is 4.41. The first-order chi connectivity index (χ1) is 13.7.